The minimum atomic E-state index is -1.65. The van der Waals surface area contributed by atoms with Crippen LogP contribution < -0.4 is 15.8 Å². The van der Waals surface area contributed by atoms with Crippen molar-refractivity contribution in [1.82, 2.24) is 5.32 Å². The average Bonchev–Trinajstić information content (AvgIpc) is 3.16. The molecule has 32 heavy (non-hydrogen) atoms. The number of amides is 1. The van der Waals surface area contributed by atoms with Gasteiger partial charge in [-0.2, -0.15) is 0 Å². The lowest BCUT2D eigenvalue weighted by Crippen LogP contribution is -2.41. The molecule has 0 radical (unpaired) electrons. The fraction of sp³-hybridized carbons (Fsp3) is 0.320. The molecule has 3 N–H and O–H groups in total. The number of carbonyl (C=O) groups is 1. The molecular weight excluding hydrogens is 431 g/mol. The van der Waals surface area contributed by atoms with E-state index >= 15 is 4.39 Å². The van der Waals surface area contributed by atoms with Crippen LogP contribution in [0.4, 0.5) is 4.39 Å². The number of likely N-dealkylation sites (N-methyl/N-ethyl adjacent to an activating group) is 1. The lowest BCUT2D eigenvalue weighted by Gasteiger charge is -2.34. The highest BCUT2D eigenvalue weighted by atomic mass is 35.5. The maximum absolute atomic E-state index is 16.0. The Kier molecular flexibility index (Phi) is 5.88. The minimum absolute atomic E-state index is 0.0770. The highest BCUT2D eigenvalue weighted by Gasteiger charge is 2.46. The Labute approximate surface area is 192 Å². The monoisotopic (exact) mass is 456 g/mol. The van der Waals surface area contributed by atoms with E-state index in [1.54, 1.807) is 19.1 Å². The molecule has 1 aliphatic carbocycles. The third kappa shape index (κ3) is 3.52. The third-order valence-electron chi connectivity index (χ3n) is 6.35. The predicted octanol–water partition coefficient (Wildman–Crippen LogP) is 3.94. The molecule has 168 valence electrons. The van der Waals surface area contributed by atoms with E-state index in [1.165, 1.54) is 19.3 Å². The molecule has 0 spiro atoms. The van der Waals surface area contributed by atoms with E-state index in [-0.39, 0.29) is 11.1 Å². The summed E-state index contributed by atoms with van der Waals surface area (Å²) in [6.45, 7) is 2.15. The van der Waals surface area contributed by atoms with Crippen LogP contribution >= 0.6 is 11.6 Å². The molecule has 4 rings (SSSR count). The van der Waals surface area contributed by atoms with Crippen LogP contribution in [0.15, 0.2) is 60.2 Å². The fourth-order valence-corrected chi connectivity index (χ4v) is 4.86. The van der Waals surface area contributed by atoms with Gasteiger partial charge < -0.3 is 20.5 Å². The molecule has 0 fully saturated rings. The van der Waals surface area contributed by atoms with Gasteiger partial charge in [0.15, 0.2) is 11.8 Å². The molecular formula is C25H26ClFN2O3. The van der Waals surface area contributed by atoms with Gasteiger partial charge in [0.1, 0.15) is 11.4 Å². The first-order valence-electron chi connectivity index (χ1n) is 10.4. The zero-order valence-electron chi connectivity index (χ0n) is 18.2. The molecule has 0 saturated carbocycles. The summed E-state index contributed by atoms with van der Waals surface area (Å²) in [4.78, 5) is 12.3. The van der Waals surface area contributed by atoms with Gasteiger partial charge >= 0.3 is 0 Å². The molecule has 0 aromatic heterocycles. The third-order valence-corrected chi connectivity index (χ3v) is 6.67. The van der Waals surface area contributed by atoms with E-state index < -0.39 is 23.3 Å². The molecule has 0 saturated heterocycles. The van der Waals surface area contributed by atoms with E-state index in [4.69, 9.17) is 26.8 Å². The molecule has 1 aliphatic heterocycles. The number of methoxy groups -OCH3 is 1. The summed E-state index contributed by atoms with van der Waals surface area (Å²) in [7, 11) is 3.28. The number of nitrogens with one attached hydrogen (secondary N) is 1. The number of hydrogen-bond donors (Lipinski definition) is 2. The number of ether oxygens (including phenoxy) is 2. The number of carbonyl (C=O) groups excluding carboxylic acids is 1. The maximum atomic E-state index is 16.0. The van der Waals surface area contributed by atoms with E-state index in [2.05, 4.69) is 5.32 Å². The van der Waals surface area contributed by atoms with Crippen molar-refractivity contribution >= 4 is 23.1 Å². The summed E-state index contributed by atoms with van der Waals surface area (Å²) in [6.07, 6.45) is 1.82. The molecule has 3 atom stereocenters. The summed E-state index contributed by atoms with van der Waals surface area (Å²) in [5.74, 6) is -0.130. The Morgan fingerprint density at radius 1 is 1.31 bits per heavy atom. The predicted molar refractivity (Wildman–Crippen MR) is 123 cm³/mol. The van der Waals surface area contributed by atoms with E-state index in [0.29, 0.717) is 29.3 Å². The molecule has 2 aromatic carbocycles. The number of halogens is 2. The van der Waals surface area contributed by atoms with Crippen molar-refractivity contribution in [2.45, 2.75) is 30.7 Å². The first-order chi connectivity index (χ1) is 15.3. The Balaban J connectivity index is 1.93. The minimum Gasteiger partial charge on any atom is -0.481 e. The van der Waals surface area contributed by atoms with Crippen molar-refractivity contribution < 1.29 is 18.7 Å². The smallest absolute Gasteiger partial charge is 0.249 e. The SMILES string of the molecule is CNC[C@@]1(c2ccccc2)Cc2c(ccc(Cl)c2C2=C(C(N)=O)C=CC(C)(OC)C2F)O1. The Morgan fingerprint density at radius 3 is 2.66 bits per heavy atom. The summed E-state index contributed by atoms with van der Waals surface area (Å²) in [5, 5.41) is 3.53. The van der Waals surface area contributed by atoms with Crippen LogP contribution in [0.3, 0.4) is 0 Å². The zero-order valence-corrected chi connectivity index (χ0v) is 19.0. The summed E-state index contributed by atoms with van der Waals surface area (Å²) in [5.41, 5.74) is 6.03. The molecule has 7 heteroatoms. The molecule has 1 heterocycles. The fourth-order valence-electron chi connectivity index (χ4n) is 4.58. The van der Waals surface area contributed by atoms with Crippen LogP contribution in [0.5, 0.6) is 5.75 Å². The number of rotatable bonds is 6. The second-order valence-electron chi connectivity index (χ2n) is 8.34. The number of benzene rings is 2. The van der Waals surface area contributed by atoms with Crippen molar-refractivity contribution in [1.29, 1.82) is 0 Å². The first-order valence-corrected chi connectivity index (χ1v) is 10.8. The van der Waals surface area contributed by atoms with Gasteiger partial charge in [-0.05, 0) is 37.7 Å². The summed E-state index contributed by atoms with van der Waals surface area (Å²) in [6, 6.07) is 13.3. The number of fused-ring (bicyclic) bond motifs is 1. The van der Waals surface area contributed by atoms with Gasteiger partial charge in [-0.15, -0.1) is 0 Å². The highest BCUT2D eigenvalue weighted by molar-refractivity contribution is 6.33. The number of hydrogen-bond acceptors (Lipinski definition) is 4. The highest BCUT2D eigenvalue weighted by Crippen LogP contribution is 2.49. The Bertz CT molecular complexity index is 1120. The van der Waals surface area contributed by atoms with Crippen LogP contribution in [0.1, 0.15) is 23.6 Å². The van der Waals surface area contributed by atoms with Crippen LogP contribution in [-0.2, 0) is 21.6 Å². The normalized spacial score (nSPS) is 26.7. The maximum Gasteiger partial charge on any atom is 0.249 e. The van der Waals surface area contributed by atoms with Gasteiger partial charge in [-0.1, -0.05) is 48.0 Å². The van der Waals surface area contributed by atoms with Crippen molar-refractivity contribution in [3.8, 4) is 5.75 Å². The number of alkyl halides is 1. The van der Waals surface area contributed by atoms with E-state index in [1.807, 2.05) is 37.4 Å². The van der Waals surface area contributed by atoms with E-state index in [9.17, 15) is 4.79 Å². The quantitative estimate of drug-likeness (QED) is 0.690. The molecule has 5 nitrogen and oxygen atoms in total. The lowest BCUT2D eigenvalue weighted by atomic mass is 9.78. The summed E-state index contributed by atoms with van der Waals surface area (Å²) < 4.78 is 27.9. The molecule has 0 bridgehead atoms. The zero-order chi connectivity index (χ0) is 23.1. The average molecular weight is 457 g/mol. The van der Waals surface area contributed by atoms with Gasteiger partial charge in [-0.3, -0.25) is 4.79 Å². The largest absolute Gasteiger partial charge is 0.481 e. The van der Waals surface area contributed by atoms with Crippen molar-refractivity contribution in [2.75, 3.05) is 20.7 Å². The Hall–Kier alpha value is -2.67. The summed E-state index contributed by atoms with van der Waals surface area (Å²) >= 11 is 6.64. The van der Waals surface area contributed by atoms with Gasteiger partial charge in [0, 0.05) is 47.4 Å². The van der Waals surface area contributed by atoms with Gasteiger partial charge in [0.2, 0.25) is 5.91 Å². The van der Waals surface area contributed by atoms with Gasteiger partial charge in [0.05, 0.1) is 0 Å². The molecule has 2 unspecified atom stereocenters. The van der Waals surface area contributed by atoms with Gasteiger partial charge in [-0.25, -0.2) is 4.39 Å². The standard InChI is InChI=1S/C25H26ClFN2O3/c1-24(31-3)12-11-16(23(28)30)21(22(24)27)20-17-13-25(14-29-2,15-7-5-4-6-8-15)32-19(17)10-9-18(20)26/h4-12,22,29H,13-14H2,1-3H3,(H2,28,30)/t22?,24?,25-/m1/s1. The van der Waals surface area contributed by atoms with Crippen LogP contribution in [0, 0.1) is 0 Å². The van der Waals surface area contributed by atoms with Gasteiger partial charge in [0.25, 0.3) is 0 Å². The van der Waals surface area contributed by atoms with E-state index in [0.717, 1.165) is 11.1 Å². The van der Waals surface area contributed by atoms with Crippen LogP contribution in [0.2, 0.25) is 5.02 Å². The molecule has 1 amide bonds. The number of nitrogens with two attached hydrogens (primary N) is 1. The van der Waals surface area contributed by atoms with Crippen LogP contribution in [0.25, 0.3) is 5.57 Å². The van der Waals surface area contributed by atoms with Crippen molar-refractivity contribution in [3.05, 3.63) is 81.9 Å². The first kappa shape index (κ1) is 22.5. The lowest BCUT2D eigenvalue weighted by molar-refractivity contribution is -0.114. The second-order valence-corrected chi connectivity index (χ2v) is 8.75. The second kappa shape index (κ2) is 8.35. The van der Waals surface area contributed by atoms with Crippen LogP contribution in [-0.4, -0.2) is 38.4 Å². The topological polar surface area (TPSA) is 73.6 Å². The van der Waals surface area contributed by atoms with Crippen molar-refractivity contribution in [2.24, 2.45) is 5.73 Å². The molecule has 2 aliphatic rings. The Morgan fingerprint density at radius 2 is 2.03 bits per heavy atom. The number of primary amides is 1. The van der Waals surface area contributed by atoms with Crippen molar-refractivity contribution in [3.63, 3.8) is 0 Å². The molecule has 2 aromatic rings.